The fourth-order valence-electron chi connectivity index (χ4n) is 2.83. The van der Waals surface area contributed by atoms with Gasteiger partial charge in [0.1, 0.15) is 0 Å². The van der Waals surface area contributed by atoms with E-state index in [4.69, 9.17) is 5.73 Å². The molecule has 2 nitrogen and oxygen atoms in total. The highest BCUT2D eigenvalue weighted by molar-refractivity contribution is 5.01. The van der Waals surface area contributed by atoms with Crippen LogP contribution < -0.4 is 5.73 Å². The van der Waals surface area contributed by atoms with Gasteiger partial charge in [-0.1, -0.05) is 0 Å². The second-order valence-electron chi connectivity index (χ2n) is 4.85. The van der Waals surface area contributed by atoms with Crippen LogP contribution in [0.15, 0.2) is 0 Å². The van der Waals surface area contributed by atoms with Crippen molar-refractivity contribution in [1.82, 2.24) is 4.90 Å². The summed E-state index contributed by atoms with van der Waals surface area (Å²) in [6.07, 6.45) is 4.39. The number of nitrogens with zero attached hydrogens (tertiary/aromatic N) is 1. The van der Waals surface area contributed by atoms with Gasteiger partial charge in [-0.05, 0) is 37.0 Å². The molecule has 1 heterocycles. The highest BCUT2D eigenvalue weighted by Crippen LogP contribution is 2.47. The van der Waals surface area contributed by atoms with Crippen molar-refractivity contribution in [3.05, 3.63) is 0 Å². The SMILES string of the molecule is NCC(C1CC1)N1CC2CC2C1. The minimum absolute atomic E-state index is 0.748. The summed E-state index contributed by atoms with van der Waals surface area (Å²) in [4.78, 5) is 2.66. The lowest BCUT2D eigenvalue weighted by Crippen LogP contribution is -2.41. The van der Waals surface area contributed by atoms with E-state index in [1.807, 2.05) is 0 Å². The van der Waals surface area contributed by atoms with E-state index in [0.717, 1.165) is 30.3 Å². The van der Waals surface area contributed by atoms with Gasteiger partial charge in [0.15, 0.2) is 0 Å². The zero-order valence-corrected chi connectivity index (χ0v) is 7.58. The molecule has 12 heavy (non-hydrogen) atoms. The molecule has 68 valence electrons. The Balaban J connectivity index is 1.62. The number of piperidine rings is 1. The molecular weight excluding hydrogens is 148 g/mol. The van der Waals surface area contributed by atoms with Crippen molar-refractivity contribution in [3.63, 3.8) is 0 Å². The lowest BCUT2D eigenvalue weighted by Gasteiger charge is -2.27. The zero-order chi connectivity index (χ0) is 8.13. The molecule has 3 rings (SSSR count). The van der Waals surface area contributed by atoms with Crippen LogP contribution in [0.2, 0.25) is 0 Å². The Labute approximate surface area is 74.1 Å². The normalized spacial score (nSPS) is 42.8. The molecule has 2 heteroatoms. The first kappa shape index (κ1) is 7.34. The van der Waals surface area contributed by atoms with Crippen molar-refractivity contribution in [1.29, 1.82) is 0 Å². The van der Waals surface area contributed by atoms with Crippen LogP contribution in [0.5, 0.6) is 0 Å². The van der Waals surface area contributed by atoms with Crippen LogP contribution in [0, 0.1) is 17.8 Å². The van der Waals surface area contributed by atoms with E-state index in [1.165, 1.54) is 32.4 Å². The lowest BCUT2D eigenvalue weighted by molar-refractivity contribution is 0.202. The summed E-state index contributed by atoms with van der Waals surface area (Å²) < 4.78 is 0. The van der Waals surface area contributed by atoms with E-state index in [1.54, 1.807) is 0 Å². The minimum atomic E-state index is 0.748. The topological polar surface area (TPSA) is 29.3 Å². The van der Waals surface area contributed by atoms with E-state index in [-0.39, 0.29) is 0 Å². The predicted molar refractivity (Wildman–Crippen MR) is 48.7 cm³/mol. The second kappa shape index (κ2) is 2.46. The second-order valence-corrected chi connectivity index (χ2v) is 4.85. The van der Waals surface area contributed by atoms with Crippen molar-refractivity contribution in [3.8, 4) is 0 Å². The van der Waals surface area contributed by atoms with Crippen LogP contribution >= 0.6 is 0 Å². The van der Waals surface area contributed by atoms with Gasteiger partial charge in [-0.25, -0.2) is 0 Å². The Morgan fingerprint density at radius 1 is 1.25 bits per heavy atom. The molecule has 0 bridgehead atoms. The fraction of sp³-hybridized carbons (Fsp3) is 1.00. The first-order valence-corrected chi connectivity index (χ1v) is 5.32. The van der Waals surface area contributed by atoms with Gasteiger partial charge in [-0.2, -0.15) is 0 Å². The van der Waals surface area contributed by atoms with Crippen molar-refractivity contribution < 1.29 is 0 Å². The Morgan fingerprint density at radius 3 is 2.42 bits per heavy atom. The van der Waals surface area contributed by atoms with Crippen molar-refractivity contribution in [2.75, 3.05) is 19.6 Å². The van der Waals surface area contributed by atoms with Gasteiger partial charge in [0.2, 0.25) is 0 Å². The summed E-state index contributed by atoms with van der Waals surface area (Å²) in [5.74, 6) is 3.10. The quantitative estimate of drug-likeness (QED) is 0.668. The predicted octanol–water partition coefficient (Wildman–Crippen LogP) is 0.675. The maximum Gasteiger partial charge on any atom is 0.0246 e. The summed E-state index contributed by atoms with van der Waals surface area (Å²) in [6, 6.07) is 0.748. The molecule has 3 unspecified atom stereocenters. The molecule has 1 aliphatic heterocycles. The van der Waals surface area contributed by atoms with Crippen LogP contribution in [0.1, 0.15) is 19.3 Å². The van der Waals surface area contributed by atoms with E-state index in [9.17, 15) is 0 Å². The van der Waals surface area contributed by atoms with Crippen molar-refractivity contribution in [2.24, 2.45) is 23.5 Å². The number of likely N-dealkylation sites (tertiary alicyclic amines) is 1. The first-order chi connectivity index (χ1) is 5.88. The largest absolute Gasteiger partial charge is 0.329 e. The summed E-state index contributed by atoms with van der Waals surface area (Å²) in [6.45, 7) is 3.62. The van der Waals surface area contributed by atoms with Gasteiger partial charge in [-0.3, -0.25) is 4.90 Å². The van der Waals surface area contributed by atoms with Gasteiger partial charge >= 0.3 is 0 Å². The van der Waals surface area contributed by atoms with Gasteiger partial charge < -0.3 is 5.73 Å². The van der Waals surface area contributed by atoms with E-state index in [0.29, 0.717) is 0 Å². The molecule has 3 atom stereocenters. The smallest absolute Gasteiger partial charge is 0.0246 e. The average Bonchev–Trinajstić information content (AvgIpc) is 2.96. The Hall–Kier alpha value is -0.0800. The molecule has 2 N–H and O–H groups in total. The molecule has 0 aromatic heterocycles. The van der Waals surface area contributed by atoms with E-state index < -0.39 is 0 Å². The highest BCUT2D eigenvalue weighted by atomic mass is 15.2. The number of nitrogens with two attached hydrogens (primary N) is 1. The molecule has 3 fully saturated rings. The van der Waals surface area contributed by atoms with Gasteiger partial charge in [0.25, 0.3) is 0 Å². The fourth-order valence-corrected chi connectivity index (χ4v) is 2.83. The van der Waals surface area contributed by atoms with Crippen molar-refractivity contribution in [2.45, 2.75) is 25.3 Å². The van der Waals surface area contributed by atoms with Crippen LogP contribution in [-0.2, 0) is 0 Å². The molecular formula is C10H18N2. The summed E-state index contributed by atoms with van der Waals surface area (Å²) in [5.41, 5.74) is 5.81. The summed E-state index contributed by atoms with van der Waals surface area (Å²) in [5, 5.41) is 0. The standard InChI is InChI=1S/C10H18N2/c11-4-10(7-1-2-7)12-5-8-3-9(8)6-12/h7-10H,1-6,11H2. The minimum Gasteiger partial charge on any atom is -0.329 e. The third-order valence-electron chi connectivity index (χ3n) is 3.88. The van der Waals surface area contributed by atoms with E-state index in [2.05, 4.69) is 4.90 Å². The molecule has 0 aromatic rings. The van der Waals surface area contributed by atoms with E-state index >= 15 is 0 Å². The Bertz CT molecular complexity index is 178. The summed E-state index contributed by atoms with van der Waals surface area (Å²) >= 11 is 0. The Morgan fingerprint density at radius 2 is 1.92 bits per heavy atom. The number of rotatable bonds is 3. The molecule has 0 aromatic carbocycles. The maximum atomic E-state index is 5.81. The highest BCUT2D eigenvalue weighted by Gasteiger charge is 2.48. The average molecular weight is 166 g/mol. The molecule has 2 saturated carbocycles. The molecule has 0 spiro atoms. The number of hydrogen-bond acceptors (Lipinski definition) is 2. The third kappa shape index (κ3) is 1.09. The molecule has 0 radical (unpaired) electrons. The van der Waals surface area contributed by atoms with Crippen LogP contribution in [0.25, 0.3) is 0 Å². The molecule has 0 amide bonds. The number of fused-ring (bicyclic) bond motifs is 1. The number of hydrogen-bond donors (Lipinski definition) is 1. The molecule has 2 aliphatic carbocycles. The first-order valence-electron chi connectivity index (χ1n) is 5.32. The zero-order valence-electron chi connectivity index (χ0n) is 7.58. The van der Waals surface area contributed by atoms with Gasteiger partial charge in [0, 0.05) is 25.7 Å². The van der Waals surface area contributed by atoms with Gasteiger partial charge in [0.05, 0.1) is 0 Å². The van der Waals surface area contributed by atoms with Gasteiger partial charge in [-0.15, -0.1) is 0 Å². The molecule has 3 aliphatic rings. The summed E-state index contributed by atoms with van der Waals surface area (Å²) in [7, 11) is 0. The van der Waals surface area contributed by atoms with Crippen LogP contribution in [-0.4, -0.2) is 30.6 Å². The van der Waals surface area contributed by atoms with Crippen molar-refractivity contribution >= 4 is 0 Å². The maximum absolute atomic E-state index is 5.81. The Kier molecular flexibility index (Phi) is 1.50. The lowest BCUT2D eigenvalue weighted by atomic mass is 10.1. The van der Waals surface area contributed by atoms with Crippen LogP contribution in [0.3, 0.4) is 0 Å². The monoisotopic (exact) mass is 166 g/mol. The third-order valence-corrected chi connectivity index (χ3v) is 3.88. The molecule has 1 saturated heterocycles. The van der Waals surface area contributed by atoms with Crippen LogP contribution in [0.4, 0.5) is 0 Å².